The summed E-state index contributed by atoms with van der Waals surface area (Å²) in [6.07, 6.45) is 0. The molecule has 2 heterocycles. The third kappa shape index (κ3) is 5.13. The second-order valence-electron chi connectivity index (χ2n) is 13.0. The Hall–Kier alpha value is -6.29. The van der Waals surface area contributed by atoms with Crippen LogP contribution in [0.1, 0.15) is 0 Å². The summed E-state index contributed by atoms with van der Waals surface area (Å²) in [5.74, 6) is 0. The van der Waals surface area contributed by atoms with Crippen molar-refractivity contribution in [2.45, 2.75) is 9.79 Å². The van der Waals surface area contributed by atoms with Gasteiger partial charge in [-0.05, 0) is 100 Å². The van der Waals surface area contributed by atoms with E-state index in [1.54, 1.807) is 0 Å². The van der Waals surface area contributed by atoms with Crippen molar-refractivity contribution < 1.29 is 0 Å². The van der Waals surface area contributed by atoms with Crippen LogP contribution in [0, 0.1) is 0 Å². The van der Waals surface area contributed by atoms with Gasteiger partial charge < -0.3 is 9.47 Å². The van der Waals surface area contributed by atoms with Crippen molar-refractivity contribution in [3.63, 3.8) is 0 Å². The summed E-state index contributed by atoms with van der Waals surface area (Å²) < 4.78 is 2.40. The first-order chi connectivity index (χ1) is 25.3. The second kappa shape index (κ2) is 12.2. The van der Waals surface area contributed by atoms with Crippen LogP contribution in [0.3, 0.4) is 0 Å². The number of nitrogens with zero attached hydrogens (tertiary/aromatic N) is 2. The Labute approximate surface area is 301 Å². The van der Waals surface area contributed by atoms with Gasteiger partial charge in [0.2, 0.25) is 0 Å². The van der Waals surface area contributed by atoms with E-state index in [2.05, 4.69) is 204 Å². The number of para-hydroxylation sites is 3. The first-order valence-corrected chi connectivity index (χ1v) is 18.2. The molecule has 0 radical (unpaired) electrons. The van der Waals surface area contributed by atoms with E-state index in [9.17, 15) is 0 Å². The number of fused-ring (bicyclic) bond motifs is 5. The molecule has 3 heteroatoms. The summed E-state index contributed by atoms with van der Waals surface area (Å²) in [5, 5.41) is 2.51. The van der Waals surface area contributed by atoms with Crippen LogP contribution >= 0.6 is 11.8 Å². The van der Waals surface area contributed by atoms with Gasteiger partial charge in [-0.1, -0.05) is 139 Å². The zero-order valence-corrected chi connectivity index (χ0v) is 28.6. The van der Waals surface area contributed by atoms with Gasteiger partial charge in [0, 0.05) is 31.9 Å². The van der Waals surface area contributed by atoms with Crippen molar-refractivity contribution in [2.24, 2.45) is 0 Å². The van der Waals surface area contributed by atoms with E-state index in [0.717, 1.165) is 0 Å². The molecular formula is C48H32N2S. The molecule has 10 rings (SSSR count). The van der Waals surface area contributed by atoms with E-state index in [-0.39, 0.29) is 0 Å². The van der Waals surface area contributed by atoms with Crippen LogP contribution in [0.2, 0.25) is 0 Å². The van der Waals surface area contributed by atoms with Crippen molar-refractivity contribution >= 4 is 50.6 Å². The van der Waals surface area contributed by atoms with Crippen molar-refractivity contribution in [1.82, 2.24) is 4.57 Å². The highest BCUT2D eigenvalue weighted by molar-refractivity contribution is 7.99. The van der Waals surface area contributed by atoms with Crippen molar-refractivity contribution in [1.29, 1.82) is 0 Å². The zero-order chi connectivity index (χ0) is 33.7. The Morgan fingerprint density at radius 1 is 0.314 bits per heavy atom. The highest BCUT2D eigenvalue weighted by Crippen LogP contribution is 2.52. The lowest BCUT2D eigenvalue weighted by atomic mass is 9.98. The summed E-state index contributed by atoms with van der Waals surface area (Å²) in [4.78, 5) is 4.90. The number of hydrogen-bond acceptors (Lipinski definition) is 2. The molecule has 51 heavy (non-hydrogen) atoms. The maximum atomic E-state index is 2.40. The first-order valence-electron chi connectivity index (χ1n) is 17.3. The molecule has 0 amide bonds. The molecule has 0 saturated heterocycles. The number of rotatable bonds is 5. The molecule has 1 aromatic heterocycles. The van der Waals surface area contributed by atoms with Crippen LogP contribution in [-0.4, -0.2) is 4.57 Å². The second-order valence-corrected chi connectivity index (χ2v) is 14.1. The molecule has 0 N–H and O–H groups in total. The summed E-state index contributed by atoms with van der Waals surface area (Å²) in [6, 6.07) is 70.4. The van der Waals surface area contributed by atoms with Gasteiger partial charge in [0.15, 0.2) is 0 Å². The lowest BCUT2D eigenvalue weighted by molar-refractivity contribution is 1.17. The molecule has 2 nitrogen and oxygen atoms in total. The molecule has 0 unspecified atom stereocenters. The Morgan fingerprint density at radius 3 is 1.69 bits per heavy atom. The smallest absolute Gasteiger partial charge is 0.0602 e. The maximum absolute atomic E-state index is 2.40. The molecular weight excluding hydrogens is 637 g/mol. The van der Waals surface area contributed by atoms with Gasteiger partial charge in [0.1, 0.15) is 0 Å². The van der Waals surface area contributed by atoms with Gasteiger partial charge in [-0.2, -0.15) is 0 Å². The predicted octanol–water partition coefficient (Wildman–Crippen LogP) is 13.7. The van der Waals surface area contributed by atoms with Crippen molar-refractivity contribution in [3.8, 4) is 39.1 Å². The third-order valence-corrected chi connectivity index (χ3v) is 11.1. The topological polar surface area (TPSA) is 8.17 Å². The monoisotopic (exact) mass is 668 g/mol. The summed E-state index contributed by atoms with van der Waals surface area (Å²) in [6.45, 7) is 0. The average Bonchev–Trinajstić information content (AvgIpc) is 3.54. The Kier molecular flexibility index (Phi) is 7.11. The van der Waals surface area contributed by atoms with E-state index in [1.165, 1.54) is 87.7 Å². The molecule has 0 atom stereocenters. The molecule has 8 aromatic carbocycles. The van der Waals surface area contributed by atoms with Gasteiger partial charge in [-0.15, -0.1) is 0 Å². The van der Waals surface area contributed by atoms with Crippen LogP contribution in [0.25, 0.3) is 60.9 Å². The van der Waals surface area contributed by atoms with Crippen LogP contribution in [0.5, 0.6) is 0 Å². The minimum Gasteiger partial charge on any atom is -0.309 e. The highest BCUT2D eigenvalue weighted by Gasteiger charge is 2.25. The fourth-order valence-electron chi connectivity index (χ4n) is 7.53. The van der Waals surface area contributed by atoms with E-state index < -0.39 is 0 Å². The lowest BCUT2D eigenvalue weighted by Gasteiger charge is -2.33. The van der Waals surface area contributed by atoms with Gasteiger partial charge in [-0.25, -0.2) is 0 Å². The van der Waals surface area contributed by atoms with Crippen LogP contribution in [0.15, 0.2) is 204 Å². The fourth-order valence-corrected chi connectivity index (χ4v) is 8.63. The minimum absolute atomic E-state index is 1.17. The highest BCUT2D eigenvalue weighted by atomic mass is 32.2. The van der Waals surface area contributed by atoms with Gasteiger partial charge >= 0.3 is 0 Å². The quantitative estimate of drug-likeness (QED) is 0.180. The molecule has 0 saturated carbocycles. The van der Waals surface area contributed by atoms with Crippen LogP contribution in [-0.2, 0) is 0 Å². The average molecular weight is 669 g/mol. The predicted molar refractivity (Wildman–Crippen MR) is 216 cm³/mol. The molecule has 0 bridgehead atoms. The Bertz CT molecular complexity index is 2710. The van der Waals surface area contributed by atoms with Gasteiger partial charge in [0.25, 0.3) is 0 Å². The molecule has 9 aromatic rings. The zero-order valence-electron chi connectivity index (χ0n) is 27.8. The lowest BCUT2D eigenvalue weighted by Crippen LogP contribution is -2.14. The third-order valence-electron chi connectivity index (χ3n) is 9.98. The normalized spacial score (nSPS) is 12.2. The van der Waals surface area contributed by atoms with E-state index in [4.69, 9.17) is 0 Å². The molecule has 0 spiro atoms. The van der Waals surface area contributed by atoms with E-state index in [1.807, 2.05) is 11.8 Å². The van der Waals surface area contributed by atoms with E-state index in [0.29, 0.717) is 0 Å². The first kappa shape index (κ1) is 29.6. The Morgan fingerprint density at radius 2 is 0.863 bits per heavy atom. The number of hydrogen-bond donors (Lipinski definition) is 0. The minimum atomic E-state index is 1.17. The van der Waals surface area contributed by atoms with Gasteiger partial charge in [-0.3, -0.25) is 0 Å². The number of benzene rings is 8. The number of anilines is 3. The molecule has 0 fully saturated rings. The van der Waals surface area contributed by atoms with Crippen LogP contribution in [0.4, 0.5) is 17.1 Å². The number of aromatic nitrogens is 1. The molecule has 240 valence electrons. The SMILES string of the molecule is c1ccc(-c2cccc(-n3c4ccccc4c4cc(-c5ccc(-c6ccc7c(c6)Sc6ccccc6N7c6ccccc6)cc5)ccc43)c2)cc1. The largest absolute Gasteiger partial charge is 0.309 e. The summed E-state index contributed by atoms with van der Waals surface area (Å²) in [7, 11) is 0. The van der Waals surface area contributed by atoms with Crippen LogP contribution < -0.4 is 4.90 Å². The fraction of sp³-hybridized carbons (Fsp3) is 0. The molecule has 1 aliphatic rings. The van der Waals surface area contributed by atoms with Crippen molar-refractivity contribution in [3.05, 3.63) is 194 Å². The van der Waals surface area contributed by atoms with Gasteiger partial charge in [0.05, 0.1) is 22.4 Å². The van der Waals surface area contributed by atoms with Crippen molar-refractivity contribution in [2.75, 3.05) is 4.90 Å². The summed E-state index contributed by atoms with van der Waals surface area (Å²) >= 11 is 1.85. The molecule has 0 aliphatic carbocycles. The Balaban J connectivity index is 1.00. The van der Waals surface area contributed by atoms with E-state index >= 15 is 0 Å². The standard InChI is InChI=1S/C48H32N2S/c1-3-12-33(13-4-1)36-14-11-17-40(30-36)50-43-19-8-7-18-41(43)42-31-37(26-28-44(42)50)34-22-24-35(25-23-34)38-27-29-46-48(32-38)51-47-21-10-9-20-45(47)49(46)39-15-5-2-6-16-39/h1-32H. The molecule has 1 aliphatic heterocycles. The maximum Gasteiger partial charge on any atom is 0.0602 e. The summed E-state index contributed by atoms with van der Waals surface area (Å²) in [5.41, 5.74) is 14.5.